The summed E-state index contributed by atoms with van der Waals surface area (Å²) in [4.78, 5) is 0.205. The fraction of sp³-hybridized carbons (Fsp3) is 0.333. The van der Waals surface area contributed by atoms with Gasteiger partial charge in [0.05, 0.1) is 11.4 Å². The van der Waals surface area contributed by atoms with E-state index < -0.39 is 10.0 Å². The van der Waals surface area contributed by atoms with Crippen molar-refractivity contribution in [2.24, 2.45) is 0 Å². The maximum absolute atomic E-state index is 12.0. The van der Waals surface area contributed by atoms with E-state index in [0.29, 0.717) is 6.42 Å². The summed E-state index contributed by atoms with van der Waals surface area (Å²) in [5.41, 5.74) is 0.894. The number of rotatable bonds is 5. The Morgan fingerprint density at radius 1 is 1.35 bits per heavy atom. The third-order valence-electron chi connectivity index (χ3n) is 2.35. The molecular formula is C12H15NO3S. The van der Waals surface area contributed by atoms with E-state index in [9.17, 15) is 8.42 Å². The van der Waals surface area contributed by atoms with Crippen LogP contribution in [0.5, 0.6) is 0 Å². The molecule has 0 atom stereocenters. The molecule has 0 amide bonds. The quantitative estimate of drug-likeness (QED) is 0.776. The summed E-state index contributed by atoms with van der Waals surface area (Å²) in [5, 5.41) is 8.76. The van der Waals surface area contributed by atoms with Gasteiger partial charge in [0.15, 0.2) is 0 Å². The molecule has 17 heavy (non-hydrogen) atoms. The van der Waals surface area contributed by atoms with Crippen molar-refractivity contribution >= 4 is 10.0 Å². The lowest BCUT2D eigenvalue weighted by Crippen LogP contribution is -2.27. The fourth-order valence-corrected chi connectivity index (χ4v) is 2.44. The smallest absolute Gasteiger partial charge is 0.243 e. The number of aliphatic hydroxyl groups excluding tert-OH is 1. The molecule has 0 heterocycles. The van der Waals surface area contributed by atoms with Gasteiger partial charge in [-0.25, -0.2) is 8.42 Å². The number of terminal acetylenes is 1. The van der Waals surface area contributed by atoms with Crippen LogP contribution in [0.15, 0.2) is 29.2 Å². The van der Waals surface area contributed by atoms with Crippen molar-refractivity contribution in [2.45, 2.75) is 11.3 Å². The first-order chi connectivity index (χ1) is 8.02. The Kier molecular flexibility index (Phi) is 4.70. The first kappa shape index (κ1) is 13.7. The largest absolute Gasteiger partial charge is 0.396 e. The Hall–Kier alpha value is -1.35. The lowest BCUT2D eigenvalue weighted by Gasteiger charge is -2.14. The summed E-state index contributed by atoms with van der Waals surface area (Å²) >= 11 is 0. The fourth-order valence-electron chi connectivity index (χ4n) is 1.35. The number of nitrogens with zero attached hydrogens (tertiary/aromatic N) is 1. The maximum atomic E-state index is 12.0. The first-order valence-corrected chi connectivity index (χ1v) is 6.56. The van der Waals surface area contributed by atoms with Gasteiger partial charge in [0.2, 0.25) is 10.0 Å². The van der Waals surface area contributed by atoms with Crippen molar-refractivity contribution in [3.63, 3.8) is 0 Å². The monoisotopic (exact) mass is 253 g/mol. The Bertz CT molecular complexity index is 500. The van der Waals surface area contributed by atoms with Crippen LogP contribution >= 0.6 is 0 Å². The van der Waals surface area contributed by atoms with Crippen LogP contribution in [0.3, 0.4) is 0 Å². The number of hydrogen-bond acceptors (Lipinski definition) is 3. The average molecular weight is 253 g/mol. The van der Waals surface area contributed by atoms with Crippen molar-refractivity contribution in [2.75, 3.05) is 20.2 Å². The van der Waals surface area contributed by atoms with Crippen LogP contribution in [0.2, 0.25) is 0 Å². The second-order valence-corrected chi connectivity index (χ2v) is 5.63. The van der Waals surface area contributed by atoms with E-state index in [1.54, 1.807) is 12.1 Å². The zero-order valence-electron chi connectivity index (χ0n) is 9.63. The SMILES string of the molecule is C#CCN(C)S(=O)(=O)c1ccc(CCO)cc1. The molecule has 0 aliphatic heterocycles. The van der Waals surface area contributed by atoms with E-state index >= 15 is 0 Å². The van der Waals surface area contributed by atoms with Crippen LogP contribution in [0, 0.1) is 12.3 Å². The number of aliphatic hydroxyl groups is 1. The van der Waals surface area contributed by atoms with Gasteiger partial charge in [-0.3, -0.25) is 0 Å². The van der Waals surface area contributed by atoms with E-state index in [-0.39, 0.29) is 18.0 Å². The number of hydrogen-bond donors (Lipinski definition) is 1. The topological polar surface area (TPSA) is 57.6 Å². The summed E-state index contributed by atoms with van der Waals surface area (Å²) in [7, 11) is -2.06. The number of sulfonamides is 1. The standard InChI is InChI=1S/C12H15NO3S/c1-3-9-13(2)17(15,16)12-6-4-11(5-7-12)8-10-14/h1,4-7,14H,8-10H2,2H3. The summed E-state index contributed by atoms with van der Waals surface area (Å²) < 4.78 is 25.1. The molecule has 0 aromatic heterocycles. The highest BCUT2D eigenvalue weighted by Gasteiger charge is 2.19. The molecule has 92 valence electrons. The molecule has 4 nitrogen and oxygen atoms in total. The second kappa shape index (κ2) is 5.82. The first-order valence-electron chi connectivity index (χ1n) is 5.12. The van der Waals surface area contributed by atoms with Gasteiger partial charge in [-0.1, -0.05) is 18.1 Å². The molecule has 1 N–H and O–H groups in total. The lowest BCUT2D eigenvalue weighted by atomic mass is 10.2. The second-order valence-electron chi connectivity index (χ2n) is 3.58. The molecule has 0 radical (unpaired) electrons. The van der Waals surface area contributed by atoms with Crippen LogP contribution in [0.4, 0.5) is 0 Å². The Labute approximate surface area is 102 Å². The molecule has 0 bridgehead atoms. The van der Waals surface area contributed by atoms with Crippen LogP contribution in [0.25, 0.3) is 0 Å². The zero-order chi connectivity index (χ0) is 12.9. The van der Waals surface area contributed by atoms with Crippen molar-refractivity contribution < 1.29 is 13.5 Å². The Morgan fingerprint density at radius 2 is 1.94 bits per heavy atom. The van der Waals surface area contributed by atoms with Gasteiger partial charge in [0, 0.05) is 13.7 Å². The van der Waals surface area contributed by atoms with Crippen LogP contribution in [-0.4, -0.2) is 38.0 Å². The minimum absolute atomic E-state index is 0.0424. The minimum atomic E-state index is -3.50. The molecule has 5 heteroatoms. The van der Waals surface area contributed by atoms with Gasteiger partial charge in [0.1, 0.15) is 0 Å². The third-order valence-corrected chi connectivity index (χ3v) is 4.16. The molecular weight excluding hydrogens is 238 g/mol. The van der Waals surface area contributed by atoms with Crippen molar-refractivity contribution in [1.82, 2.24) is 4.31 Å². The molecule has 0 fully saturated rings. The molecule has 1 aromatic rings. The van der Waals surface area contributed by atoms with E-state index in [1.807, 2.05) is 0 Å². The Morgan fingerprint density at radius 3 is 2.41 bits per heavy atom. The van der Waals surface area contributed by atoms with Crippen molar-refractivity contribution in [3.05, 3.63) is 29.8 Å². The van der Waals surface area contributed by atoms with E-state index in [1.165, 1.54) is 19.2 Å². The molecule has 0 unspecified atom stereocenters. The van der Waals surface area contributed by atoms with Crippen LogP contribution in [0.1, 0.15) is 5.56 Å². The van der Waals surface area contributed by atoms with Gasteiger partial charge >= 0.3 is 0 Å². The highest BCUT2D eigenvalue weighted by Crippen LogP contribution is 2.15. The van der Waals surface area contributed by atoms with Gasteiger partial charge in [0.25, 0.3) is 0 Å². The maximum Gasteiger partial charge on any atom is 0.243 e. The van der Waals surface area contributed by atoms with Gasteiger partial charge in [-0.15, -0.1) is 6.42 Å². The van der Waals surface area contributed by atoms with E-state index in [0.717, 1.165) is 9.87 Å². The molecule has 1 rings (SSSR count). The predicted molar refractivity (Wildman–Crippen MR) is 65.9 cm³/mol. The van der Waals surface area contributed by atoms with Crippen molar-refractivity contribution in [3.8, 4) is 12.3 Å². The average Bonchev–Trinajstić information content (AvgIpc) is 2.30. The highest BCUT2D eigenvalue weighted by molar-refractivity contribution is 7.89. The number of benzene rings is 1. The molecule has 0 saturated heterocycles. The molecule has 0 aliphatic carbocycles. The van der Waals surface area contributed by atoms with Crippen LogP contribution < -0.4 is 0 Å². The molecule has 0 spiro atoms. The van der Waals surface area contributed by atoms with E-state index in [4.69, 9.17) is 11.5 Å². The predicted octanol–water partition coefficient (Wildman–Crippen LogP) is 0.475. The summed E-state index contributed by atoms with van der Waals surface area (Å²) in [6, 6.07) is 6.42. The minimum Gasteiger partial charge on any atom is -0.396 e. The third kappa shape index (κ3) is 3.30. The summed E-state index contributed by atoms with van der Waals surface area (Å²) in [6.07, 6.45) is 5.60. The van der Waals surface area contributed by atoms with Gasteiger partial charge in [-0.2, -0.15) is 4.31 Å². The van der Waals surface area contributed by atoms with E-state index in [2.05, 4.69) is 5.92 Å². The van der Waals surface area contributed by atoms with Crippen molar-refractivity contribution in [1.29, 1.82) is 0 Å². The Balaban J connectivity index is 2.97. The lowest BCUT2D eigenvalue weighted by molar-refractivity contribution is 0.299. The molecule has 0 saturated carbocycles. The summed E-state index contributed by atoms with van der Waals surface area (Å²) in [5.74, 6) is 2.29. The van der Waals surface area contributed by atoms with Gasteiger partial charge in [-0.05, 0) is 24.1 Å². The normalized spacial score (nSPS) is 11.4. The molecule has 0 aliphatic rings. The highest BCUT2D eigenvalue weighted by atomic mass is 32.2. The van der Waals surface area contributed by atoms with Gasteiger partial charge < -0.3 is 5.11 Å². The summed E-state index contributed by atoms with van der Waals surface area (Å²) in [6.45, 7) is 0.0871. The molecule has 1 aromatic carbocycles. The zero-order valence-corrected chi connectivity index (χ0v) is 10.4. The van der Waals surface area contributed by atoms with Crippen LogP contribution in [-0.2, 0) is 16.4 Å².